The maximum absolute atomic E-state index is 12.0. The lowest BCUT2D eigenvalue weighted by atomic mass is 10.1. The molecule has 0 saturated heterocycles. The molecule has 0 bridgehead atoms. The zero-order chi connectivity index (χ0) is 16.2. The molecule has 2 N–H and O–H groups in total. The summed E-state index contributed by atoms with van der Waals surface area (Å²) in [6, 6.07) is 3.09. The minimum Gasteiger partial charge on any atom is -0.273 e. The number of rotatable bonds is 10. The number of imide groups is 1. The molecule has 1 aromatic heterocycles. The molecule has 0 aromatic carbocycles. The van der Waals surface area contributed by atoms with E-state index in [-0.39, 0.29) is 5.91 Å². The number of nitrogens with two attached hydrogens (primary N) is 1. The maximum Gasteiger partial charge on any atom is 0.274 e. The van der Waals surface area contributed by atoms with Crippen molar-refractivity contribution >= 4 is 11.8 Å². The lowest BCUT2D eigenvalue weighted by Crippen LogP contribution is -2.42. The number of aromatic nitrogens is 1. The number of hydrogen-bond donors (Lipinski definition) is 1. The second-order valence-corrected chi connectivity index (χ2v) is 5.53. The SMILES string of the molecule is CCCCCCCCCCC(=O)N(N)C(=O)c1ccncc1. The summed E-state index contributed by atoms with van der Waals surface area (Å²) in [5.74, 6) is 4.80. The lowest BCUT2D eigenvalue weighted by Gasteiger charge is -2.14. The van der Waals surface area contributed by atoms with Gasteiger partial charge in [-0.3, -0.25) is 14.6 Å². The smallest absolute Gasteiger partial charge is 0.273 e. The summed E-state index contributed by atoms with van der Waals surface area (Å²) >= 11 is 0. The van der Waals surface area contributed by atoms with Gasteiger partial charge in [0, 0.05) is 24.4 Å². The van der Waals surface area contributed by atoms with E-state index in [4.69, 9.17) is 5.84 Å². The topological polar surface area (TPSA) is 76.3 Å². The van der Waals surface area contributed by atoms with Gasteiger partial charge in [-0.05, 0) is 18.6 Å². The fourth-order valence-electron chi connectivity index (χ4n) is 2.28. The Kier molecular flexibility index (Phi) is 9.07. The van der Waals surface area contributed by atoms with Crippen molar-refractivity contribution < 1.29 is 9.59 Å². The standard InChI is InChI=1S/C17H27N3O2/c1-2-3-4-5-6-7-8-9-10-16(21)20(18)17(22)15-11-13-19-14-12-15/h11-14H,2-10,18H2,1H3. The van der Waals surface area contributed by atoms with E-state index < -0.39 is 5.91 Å². The average Bonchev–Trinajstić information content (AvgIpc) is 2.56. The first kappa shape index (κ1) is 18.3. The highest BCUT2D eigenvalue weighted by molar-refractivity contribution is 6.03. The second kappa shape index (κ2) is 10.9. The Morgan fingerprint density at radius 3 is 2.14 bits per heavy atom. The van der Waals surface area contributed by atoms with Gasteiger partial charge < -0.3 is 0 Å². The molecule has 0 fully saturated rings. The molecule has 0 unspecified atom stereocenters. The van der Waals surface area contributed by atoms with Crippen LogP contribution in [0.15, 0.2) is 24.5 Å². The Balaban J connectivity index is 2.18. The fourth-order valence-corrected chi connectivity index (χ4v) is 2.28. The van der Waals surface area contributed by atoms with Crippen LogP contribution in [0.3, 0.4) is 0 Å². The Bertz CT molecular complexity index is 448. The highest BCUT2D eigenvalue weighted by Crippen LogP contribution is 2.10. The number of carbonyl (C=O) groups excluding carboxylic acids is 2. The molecular formula is C17H27N3O2. The van der Waals surface area contributed by atoms with Gasteiger partial charge >= 0.3 is 0 Å². The van der Waals surface area contributed by atoms with Crippen LogP contribution < -0.4 is 5.84 Å². The Morgan fingerprint density at radius 2 is 1.55 bits per heavy atom. The van der Waals surface area contributed by atoms with Crippen molar-refractivity contribution in [1.82, 2.24) is 9.99 Å². The predicted molar refractivity (Wildman–Crippen MR) is 86.8 cm³/mol. The van der Waals surface area contributed by atoms with Crippen LogP contribution in [0.25, 0.3) is 0 Å². The molecule has 0 radical (unpaired) electrons. The van der Waals surface area contributed by atoms with Crippen molar-refractivity contribution in [3.8, 4) is 0 Å². The molecule has 5 nitrogen and oxygen atoms in total. The first-order valence-electron chi connectivity index (χ1n) is 8.18. The number of nitrogens with zero attached hydrogens (tertiary/aromatic N) is 2. The van der Waals surface area contributed by atoms with Crippen LogP contribution in [0.2, 0.25) is 0 Å². The molecule has 0 saturated carbocycles. The normalized spacial score (nSPS) is 10.5. The van der Waals surface area contributed by atoms with Gasteiger partial charge in [-0.1, -0.05) is 51.9 Å². The molecular weight excluding hydrogens is 278 g/mol. The zero-order valence-corrected chi connectivity index (χ0v) is 13.5. The van der Waals surface area contributed by atoms with Gasteiger partial charge in [0.15, 0.2) is 0 Å². The van der Waals surface area contributed by atoms with Crippen LogP contribution in [0.1, 0.15) is 75.1 Å². The summed E-state index contributed by atoms with van der Waals surface area (Å²) < 4.78 is 0. The summed E-state index contributed by atoms with van der Waals surface area (Å²) in [4.78, 5) is 27.7. The van der Waals surface area contributed by atoms with Gasteiger partial charge in [0.2, 0.25) is 5.91 Å². The van der Waals surface area contributed by atoms with Crippen molar-refractivity contribution in [2.45, 2.75) is 64.7 Å². The number of amides is 2. The van der Waals surface area contributed by atoms with Gasteiger partial charge in [-0.25, -0.2) is 10.9 Å². The van der Waals surface area contributed by atoms with E-state index in [0.29, 0.717) is 12.0 Å². The number of unbranched alkanes of at least 4 members (excludes halogenated alkanes) is 7. The van der Waals surface area contributed by atoms with Crippen LogP contribution >= 0.6 is 0 Å². The summed E-state index contributed by atoms with van der Waals surface area (Å²) in [7, 11) is 0. The van der Waals surface area contributed by atoms with E-state index in [9.17, 15) is 9.59 Å². The third kappa shape index (κ3) is 6.80. The van der Waals surface area contributed by atoms with Crippen LogP contribution in [-0.2, 0) is 4.79 Å². The van der Waals surface area contributed by atoms with E-state index in [0.717, 1.165) is 24.3 Å². The third-order valence-corrected chi connectivity index (χ3v) is 3.66. The number of hydrogen-bond acceptors (Lipinski definition) is 4. The average molecular weight is 305 g/mol. The molecule has 0 aliphatic carbocycles. The van der Waals surface area contributed by atoms with Crippen LogP contribution in [0, 0.1) is 0 Å². The van der Waals surface area contributed by atoms with Gasteiger partial charge in [0.05, 0.1) is 0 Å². The molecule has 1 heterocycles. The van der Waals surface area contributed by atoms with Crippen molar-refractivity contribution in [1.29, 1.82) is 0 Å². The van der Waals surface area contributed by atoms with Crippen molar-refractivity contribution in [3.63, 3.8) is 0 Å². The first-order valence-corrected chi connectivity index (χ1v) is 8.18. The van der Waals surface area contributed by atoms with E-state index in [1.165, 1.54) is 44.5 Å². The molecule has 0 aliphatic rings. The quantitative estimate of drug-likeness (QED) is 0.311. The summed E-state index contributed by atoms with van der Waals surface area (Å²) in [5.41, 5.74) is 0.377. The van der Waals surface area contributed by atoms with Crippen molar-refractivity contribution in [2.75, 3.05) is 0 Å². The van der Waals surface area contributed by atoms with E-state index in [1.54, 1.807) is 12.1 Å². The minimum absolute atomic E-state index is 0.322. The minimum atomic E-state index is -0.480. The lowest BCUT2D eigenvalue weighted by molar-refractivity contribution is -0.129. The molecule has 122 valence electrons. The molecule has 2 amide bonds. The van der Waals surface area contributed by atoms with Crippen LogP contribution in [0.4, 0.5) is 0 Å². The monoisotopic (exact) mass is 305 g/mol. The fraction of sp³-hybridized carbons (Fsp3) is 0.588. The van der Waals surface area contributed by atoms with Crippen LogP contribution in [-0.4, -0.2) is 21.8 Å². The molecule has 5 heteroatoms. The molecule has 0 aliphatic heterocycles. The largest absolute Gasteiger partial charge is 0.274 e. The van der Waals surface area contributed by atoms with Crippen LogP contribution in [0.5, 0.6) is 0 Å². The summed E-state index contributed by atoms with van der Waals surface area (Å²) in [6.07, 6.45) is 12.6. The number of carbonyl (C=O) groups is 2. The number of hydrazine groups is 1. The molecule has 1 rings (SSSR count). The van der Waals surface area contributed by atoms with Crippen molar-refractivity contribution in [3.05, 3.63) is 30.1 Å². The maximum atomic E-state index is 12.0. The van der Waals surface area contributed by atoms with Gasteiger partial charge in [0.1, 0.15) is 0 Å². The van der Waals surface area contributed by atoms with Gasteiger partial charge in [-0.2, -0.15) is 0 Å². The van der Waals surface area contributed by atoms with Gasteiger partial charge in [-0.15, -0.1) is 0 Å². The Labute approximate surface area is 132 Å². The van der Waals surface area contributed by atoms with Crippen molar-refractivity contribution in [2.24, 2.45) is 5.84 Å². The molecule has 22 heavy (non-hydrogen) atoms. The third-order valence-electron chi connectivity index (χ3n) is 3.66. The first-order chi connectivity index (χ1) is 10.7. The Morgan fingerprint density at radius 1 is 1.00 bits per heavy atom. The Hall–Kier alpha value is -1.75. The zero-order valence-electron chi connectivity index (χ0n) is 13.5. The van der Waals surface area contributed by atoms with Gasteiger partial charge in [0.25, 0.3) is 5.91 Å². The molecule has 0 atom stereocenters. The molecule has 1 aromatic rings. The van der Waals surface area contributed by atoms with E-state index in [1.807, 2.05) is 0 Å². The van der Waals surface area contributed by atoms with E-state index >= 15 is 0 Å². The second-order valence-electron chi connectivity index (χ2n) is 5.53. The molecule has 0 spiro atoms. The highest BCUT2D eigenvalue weighted by Gasteiger charge is 2.18. The summed E-state index contributed by atoms with van der Waals surface area (Å²) in [5, 5.41) is 0.719. The highest BCUT2D eigenvalue weighted by atomic mass is 16.2. The summed E-state index contributed by atoms with van der Waals surface area (Å²) in [6.45, 7) is 2.21. The predicted octanol–water partition coefficient (Wildman–Crippen LogP) is 3.45. The number of pyridine rings is 1. The van der Waals surface area contributed by atoms with E-state index in [2.05, 4.69) is 11.9 Å².